The number of ether oxygens (including phenoxy) is 1. The molecule has 3 N–H and O–H groups in total. The van der Waals surface area contributed by atoms with Gasteiger partial charge in [0.15, 0.2) is 0 Å². The minimum absolute atomic E-state index is 0.110. The Bertz CT molecular complexity index is 875. The maximum Gasteiger partial charge on any atom is 0.239 e. The molecule has 1 amide bonds. The summed E-state index contributed by atoms with van der Waals surface area (Å²) in [6.07, 6.45) is 0.478. The Morgan fingerprint density at radius 3 is 2.56 bits per heavy atom. The van der Waals surface area contributed by atoms with E-state index in [1.807, 2.05) is 60.7 Å². The number of rotatable bonds is 7. The first-order valence-corrected chi connectivity index (χ1v) is 8.80. The summed E-state index contributed by atoms with van der Waals surface area (Å²) in [6, 6.07) is 18.8. The van der Waals surface area contributed by atoms with E-state index in [4.69, 9.17) is 10.5 Å². The van der Waals surface area contributed by atoms with Crippen molar-refractivity contribution in [2.75, 3.05) is 14.2 Å². The molecule has 1 unspecified atom stereocenters. The second-order valence-electron chi connectivity index (χ2n) is 6.50. The summed E-state index contributed by atoms with van der Waals surface area (Å²) in [5, 5.41) is 7.31. The molecule has 0 radical (unpaired) electrons. The fraction of sp³-hybridized carbons (Fsp3) is 0.238. The number of carbonyl (C=O) groups excluding carboxylic acids is 1. The molecule has 1 atom stereocenters. The molecule has 3 aromatic rings. The smallest absolute Gasteiger partial charge is 0.239 e. The standard InChI is InChI=1S/C21H24N4O2/c1-25(14-17-13-20(24-23-17)16-6-4-3-5-7-16)21(26)19(22)12-15-8-10-18(27-2)11-9-15/h3-11,13,19H,12,14,22H2,1-2H3,(H,23,24). The van der Waals surface area contributed by atoms with Gasteiger partial charge in [0.05, 0.1) is 31.1 Å². The second kappa shape index (κ2) is 8.51. The van der Waals surface area contributed by atoms with Gasteiger partial charge in [-0.2, -0.15) is 5.10 Å². The fourth-order valence-electron chi connectivity index (χ4n) is 2.92. The highest BCUT2D eigenvalue weighted by Gasteiger charge is 2.19. The fourth-order valence-corrected chi connectivity index (χ4v) is 2.92. The van der Waals surface area contributed by atoms with E-state index in [-0.39, 0.29) is 5.91 Å². The van der Waals surface area contributed by atoms with Gasteiger partial charge < -0.3 is 15.4 Å². The number of nitrogens with one attached hydrogen (secondary N) is 1. The quantitative estimate of drug-likeness (QED) is 0.675. The summed E-state index contributed by atoms with van der Waals surface area (Å²) in [6.45, 7) is 0.426. The van der Waals surface area contributed by atoms with Gasteiger partial charge >= 0.3 is 0 Å². The van der Waals surface area contributed by atoms with Gasteiger partial charge in [0, 0.05) is 12.6 Å². The van der Waals surface area contributed by atoms with Crippen LogP contribution in [0.4, 0.5) is 0 Å². The van der Waals surface area contributed by atoms with Crippen molar-refractivity contribution in [1.82, 2.24) is 15.1 Å². The average Bonchev–Trinajstić information content (AvgIpc) is 3.17. The number of nitrogens with two attached hydrogens (primary N) is 1. The number of benzene rings is 2. The number of aromatic amines is 1. The molecule has 3 rings (SSSR count). The maximum atomic E-state index is 12.6. The third kappa shape index (κ3) is 4.74. The SMILES string of the molecule is COc1ccc(CC(N)C(=O)N(C)Cc2cc(-c3ccccc3)n[nH]2)cc1. The predicted octanol–water partition coefficient (Wildman–Crippen LogP) is 2.61. The average molecular weight is 364 g/mol. The minimum Gasteiger partial charge on any atom is -0.497 e. The number of nitrogens with zero attached hydrogens (tertiary/aromatic N) is 2. The number of amides is 1. The van der Waals surface area contributed by atoms with Crippen LogP contribution in [-0.2, 0) is 17.8 Å². The molecule has 140 valence electrons. The molecule has 1 aromatic heterocycles. The lowest BCUT2D eigenvalue weighted by atomic mass is 10.1. The molecule has 0 bridgehead atoms. The summed E-state index contributed by atoms with van der Waals surface area (Å²) in [5.41, 5.74) is 9.87. The normalized spacial score (nSPS) is 11.8. The van der Waals surface area contributed by atoms with Crippen LogP contribution in [0.2, 0.25) is 0 Å². The zero-order valence-electron chi connectivity index (χ0n) is 15.6. The van der Waals surface area contributed by atoms with E-state index >= 15 is 0 Å². The van der Waals surface area contributed by atoms with Crippen LogP contribution in [0, 0.1) is 0 Å². The Kier molecular flexibility index (Phi) is 5.88. The number of H-pyrrole nitrogens is 1. The van der Waals surface area contributed by atoms with Gasteiger partial charge in [0.1, 0.15) is 5.75 Å². The van der Waals surface area contributed by atoms with Crippen molar-refractivity contribution in [1.29, 1.82) is 0 Å². The van der Waals surface area contributed by atoms with Crippen LogP contribution >= 0.6 is 0 Å². The summed E-state index contributed by atoms with van der Waals surface area (Å²) in [5.74, 6) is 0.672. The monoisotopic (exact) mass is 364 g/mol. The predicted molar refractivity (Wildman–Crippen MR) is 105 cm³/mol. The third-order valence-corrected chi connectivity index (χ3v) is 4.42. The van der Waals surface area contributed by atoms with Crippen molar-refractivity contribution in [3.8, 4) is 17.0 Å². The van der Waals surface area contributed by atoms with Gasteiger partial charge in [0.2, 0.25) is 5.91 Å². The number of likely N-dealkylation sites (N-methyl/N-ethyl adjacent to an activating group) is 1. The highest BCUT2D eigenvalue weighted by molar-refractivity contribution is 5.81. The lowest BCUT2D eigenvalue weighted by Gasteiger charge is -2.20. The summed E-state index contributed by atoms with van der Waals surface area (Å²) in [7, 11) is 3.37. The van der Waals surface area contributed by atoms with E-state index < -0.39 is 6.04 Å². The number of hydrogen-bond acceptors (Lipinski definition) is 4. The molecular formula is C21H24N4O2. The van der Waals surface area contributed by atoms with Gasteiger partial charge in [-0.3, -0.25) is 9.89 Å². The Labute approximate surface area is 159 Å². The van der Waals surface area contributed by atoms with Crippen molar-refractivity contribution in [2.45, 2.75) is 19.0 Å². The highest BCUT2D eigenvalue weighted by atomic mass is 16.5. The van der Waals surface area contributed by atoms with Gasteiger partial charge in [-0.15, -0.1) is 0 Å². The molecule has 0 aliphatic rings. The van der Waals surface area contributed by atoms with Crippen LogP contribution in [0.25, 0.3) is 11.3 Å². The Hall–Kier alpha value is -3.12. The van der Waals surface area contributed by atoms with Gasteiger partial charge in [-0.05, 0) is 30.2 Å². The molecule has 0 spiro atoms. The van der Waals surface area contributed by atoms with Gasteiger partial charge in [-0.1, -0.05) is 42.5 Å². The number of hydrogen-bond donors (Lipinski definition) is 2. The Morgan fingerprint density at radius 1 is 1.19 bits per heavy atom. The molecule has 0 fully saturated rings. The molecule has 0 aliphatic heterocycles. The van der Waals surface area contributed by atoms with Crippen LogP contribution < -0.4 is 10.5 Å². The van der Waals surface area contributed by atoms with E-state index in [9.17, 15) is 4.79 Å². The molecule has 6 nitrogen and oxygen atoms in total. The zero-order valence-corrected chi connectivity index (χ0v) is 15.6. The molecule has 2 aromatic carbocycles. The van der Waals surface area contributed by atoms with E-state index in [1.165, 1.54) is 0 Å². The minimum atomic E-state index is -0.597. The van der Waals surface area contributed by atoms with E-state index in [2.05, 4.69) is 10.2 Å². The van der Waals surface area contributed by atoms with E-state index in [1.54, 1.807) is 19.1 Å². The summed E-state index contributed by atoms with van der Waals surface area (Å²) < 4.78 is 5.14. The molecule has 6 heteroatoms. The number of carbonyl (C=O) groups is 1. The van der Waals surface area contributed by atoms with Crippen molar-refractivity contribution < 1.29 is 9.53 Å². The molecule has 27 heavy (non-hydrogen) atoms. The second-order valence-corrected chi connectivity index (χ2v) is 6.50. The lowest BCUT2D eigenvalue weighted by Crippen LogP contribution is -2.42. The Morgan fingerprint density at radius 2 is 1.89 bits per heavy atom. The third-order valence-electron chi connectivity index (χ3n) is 4.42. The lowest BCUT2D eigenvalue weighted by molar-refractivity contribution is -0.131. The van der Waals surface area contributed by atoms with Crippen LogP contribution in [0.1, 0.15) is 11.3 Å². The topological polar surface area (TPSA) is 84.2 Å². The molecular weight excluding hydrogens is 340 g/mol. The Balaban J connectivity index is 1.59. The van der Waals surface area contributed by atoms with E-state index in [0.29, 0.717) is 13.0 Å². The van der Waals surface area contributed by atoms with Crippen LogP contribution in [0.15, 0.2) is 60.7 Å². The molecule has 0 saturated heterocycles. The first-order valence-electron chi connectivity index (χ1n) is 8.80. The molecule has 1 heterocycles. The van der Waals surface area contributed by atoms with Gasteiger partial charge in [-0.25, -0.2) is 0 Å². The zero-order chi connectivity index (χ0) is 19.2. The highest BCUT2D eigenvalue weighted by Crippen LogP contribution is 2.18. The van der Waals surface area contributed by atoms with Crippen LogP contribution in [0.5, 0.6) is 5.75 Å². The number of methoxy groups -OCH3 is 1. The van der Waals surface area contributed by atoms with Crippen molar-refractivity contribution in [2.24, 2.45) is 5.73 Å². The van der Waals surface area contributed by atoms with Crippen molar-refractivity contribution in [3.05, 3.63) is 71.9 Å². The largest absolute Gasteiger partial charge is 0.497 e. The molecule has 0 aliphatic carbocycles. The van der Waals surface area contributed by atoms with Crippen molar-refractivity contribution in [3.63, 3.8) is 0 Å². The van der Waals surface area contributed by atoms with Gasteiger partial charge in [0.25, 0.3) is 0 Å². The first kappa shape index (κ1) is 18.7. The van der Waals surface area contributed by atoms with E-state index in [0.717, 1.165) is 28.3 Å². The molecule has 0 saturated carbocycles. The van der Waals surface area contributed by atoms with Crippen LogP contribution in [0.3, 0.4) is 0 Å². The summed E-state index contributed by atoms with van der Waals surface area (Å²) in [4.78, 5) is 14.2. The maximum absolute atomic E-state index is 12.6. The summed E-state index contributed by atoms with van der Waals surface area (Å²) >= 11 is 0. The van der Waals surface area contributed by atoms with Crippen LogP contribution in [-0.4, -0.2) is 41.2 Å². The first-order chi connectivity index (χ1) is 13.1. The van der Waals surface area contributed by atoms with Crippen molar-refractivity contribution >= 4 is 5.91 Å². The number of aromatic nitrogens is 2.